The maximum atomic E-state index is 15.1. The van der Waals surface area contributed by atoms with Gasteiger partial charge in [-0.3, -0.25) is 14.9 Å². The van der Waals surface area contributed by atoms with Crippen LogP contribution in [-0.2, 0) is 16.1 Å². The van der Waals surface area contributed by atoms with Crippen molar-refractivity contribution in [3.8, 4) is 0 Å². The van der Waals surface area contributed by atoms with Crippen LogP contribution in [0.25, 0.3) is 33.0 Å². The van der Waals surface area contributed by atoms with E-state index < -0.39 is 23.7 Å². The van der Waals surface area contributed by atoms with E-state index in [-0.39, 0.29) is 23.1 Å². The first kappa shape index (κ1) is 21.1. The zero-order valence-electron chi connectivity index (χ0n) is 18.2. The number of amides is 2. The van der Waals surface area contributed by atoms with Crippen LogP contribution in [0, 0.1) is 5.82 Å². The van der Waals surface area contributed by atoms with Gasteiger partial charge in [-0.1, -0.05) is 24.3 Å². The van der Waals surface area contributed by atoms with Crippen molar-refractivity contribution in [2.75, 3.05) is 20.6 Å². The molecule has 1 atom stereocenters. The summed E-state index contributed by atoms with van der Waals surface area (Å²) in [6.45, 7) is 0.635. The lowest BCUT2D eigenvalue weighted by atomic mass is 9.95. The second-order valence-corrected chi connectivity index (χ2v) is 8.53. The molecule has 2 amide bonds. The second-order valence-electron chi connectivity index (χ2n) is 8.53. The number of nitrogens with zero attached hydrogens (tertiary/aromatic N) is 2. The number of carbonyl (C=O) groups excluding carboxylic acids is 2. The van der Waals surface area contributed by atoms with Crippen LogP contribution in [0.4, 0.5) is 4.39 Å². The molecule has 1 aliphatic rings. The Morgan fingerprint density at radius 1 is 1.03 bits per heavy atom. The number of nitrogens with one attached hydrogen (secondary N) is 2. The molecule has 3 heterocycles. The van der Waals surface area contributed by atoms with E-state index in [4.69, 9.17) is 0 Å². The minimum Gasteiger partial charge on any atom is -0.390 e. The van der Waals surface area contributed by atoms with E-state index in [2.05, 4.69) is 10.3 Å². The number of rotatable bonds is 6. The Morgan fingerprint density at radius 3 is 2.52 bits per heavy atom. The molecule has 2 aromatic carbocycles. The molecule has 33 heavy (non-hydrogen) atoms. The van der Waals surface area contributed by atoms with Crippen LogP contribution in [0.1, 0.15) is 11.1 Å². The highest BCUT2D eigenvalue weighted by molar-refractivity contribution is 6.50. The molecule has 0 spiro atoms. The Labute approximate surface area is 189 Å². The van der Waals surface area contributed by atoms with Gasteiger partial charge >= 0.3 is 0 Å². The van der Waals surface area contributed by atoms with Gasteiger partial charge in [0.1, 0.15) is 5.82 Å². The summed E-state index contributed by atoms with van der Waals surface area (Å²) in [5.74, 6) is -1.60. The zero-order valence-corrected chi connectivity index (χ0v) is 18.2. The molecular weight excluding hydrogens is 423 g/mol. The lowest BCUT2D eigenvalue weighted by Gasteiger charge is -2.17. The van der Waals surface area contributed by atoms with Crippen LogP contribution in [0.2, 0.25) is 0 Å². The molecule has 8 heteroatoms. The lowest BCUT2D eigenvalue weighted by molar-refractivity contribution is -0.122. The summed E-state index contributed by atoms with van der Waals surface area (Å²) in [6, 6.07) is 12.1. The van der Waals surface area contributed by atoms with E-state index in [1.807, 2.05) is 43.3 Å². The number of hydrogen-bond donors (Lipinski definition) is 3. The predicted octanol–water partition coefficient (Wildman–Crippen LogP) is 2.75. The average Bonchev–Trinajstić information content (AvgIpc) is 3.41. The number of benzene rings is 2. The van der Waals surface area contributed by atoms with Crippen LogP contribution in [-0.4, -0.2) is 58.1 Å². The SMILES string of the molecule is CN(C)CC(O)Cn1cc(C2=C(c3c[nH]c4ccccc34)C(=O)NC2=O)c2c(F)cccc21. The molecule has 7 nitrogen and oxygen atoms in total. The van der Waals surface area contributed by atoms with Crippen molar-refractivity contribution in [3.05, 3.63) is 71.8 Å². The second kappa shape index (κ2) is 7.99. The smallest absolute Gasteiger partial charge is 0.259 e. The van der Waals surface area contributed by atoms with Crippen molar-refractivity contribution in [1.29, 1.82) is 0 Å². The third kappa shape index (κ3) is 3.53. The van der Waals surface area contributed by atoms with Crippen molar-refractivity contribution < 1.29 is 19.1 Å². The maximum Gasteiger partial charge on any atom is 0.259 e. The molecule has 0 bridgehead atoms. The Bertz CT molecular complexity index is 1450. The van der Waals surface area contributed by atoms with E-state index >= 15 is 4.39 Å². The number of para-hydroxylation sites is 1. The number of likely N-dealkylation sites (N-methyl/N-ethyl adjacent to an activating group) is 1. The van der Waals surface area contributed by atoms with Gasteiger partial charge < -0.3 is 19.6 Å². The van der Waals surface area contributed by atoms with Gasteiger partial charge in [0.15, 0.2) is 0 Å². The van der Waals surface area contributed by atoms with Gasteiger partial charge in [-0.2, -0.15) is 0 Å². The van der Waals surface area contributed by atoms with Crippen LogP contribution in [0.5, 0.6) is 0 Å². The van der Waals surface area contributed by atoms with Crippen molar-refractivity contribution in [2.24, 2.45) is 0 Å². The summed E-state index contributed by atoms with van der Waals surface area (Å²) >= 11 is 0. The van der Waals surface area contributed by atoms with Crippen molar-refractivity contribution in [1.82, 2.24) is 19.8 Å². The number of H-pyrrole nitrogens is 1. The Morgan fingerprint density at radius 2 is 1.76 bits per heavy atom. The van der Waals surface area contributed by atoms with E-state index in [1.165, 1.54) is 6.07 Å². The van der Waals surface area contributed by atoms with E-state index in [9.17, 15) is 14.7 Å². The summed E-state index contributed by atoms with van der Waals surface area (Å²) in [7, 11) is 3.71. The molecule has 4 aromatic rings. The maximum absolute atomic E-state index is 15.1. The zero-order chi connectivity index (χ0) is 23.3. The third-order valence-electron chi connectivity index (χ3n) is 5.90. The van der Waals surface area contributed by atoms with Crippen molar-refractivity contribution in [3.63, 3.8) is 0 Å². The van der Waals surface area contributed by atoms with E-state index in [0.29, 0.717) is 23.2 Å². The summed E-state index contributed by atoms with van der Waals surface area (Å²) in [4.78, 5) is 30.8. The number of aromatic amines is 1. The summed E-state index contributed by atoms with van der Waals surface area (Å²) < 4.78 is 16.8. The Kier molecular flexibility index (Phi) is 5.11. The Hall–Kier alpha value is -3.75. The highest BCUT2D eigenvalue weighted by Gasteiger charge is 2.35. The first-order valence-corrected chi connectivity index (χ1v) is 10.6. The fourth-order valence-electron chi connectivity index (χ4n) is 4.60. The number of hydrogen-bond acceptors (Lipinski definition) is 4. The highest BCUT2D eigenvalue weighted by atomic mass is 19.1. The molecule has 0 radical (unpaired) electrons. The monoisotopic (exact) mass is 446 g/mol. The van der Waals surface area contributed by atoms with Gasteiger partial charge in [-0.15, -0.1) is 0 Å². The molecular formula is C25H23FN4O3. The first-order chi connectivity index (χ1) is 15.8. The van der Waals surface area contributed by atoms with Gasteiger partial charge in [0.25, 0.3) is 11.8 Å². The molecule has 1 aliphatic heterocycles. The van der Waals surface area contributed by atoms with Gasteiger partial charge in [-0.05, 0) is 32.3 Å². The fraction of sp³-hybridized carbons (Fsp3) is 0.200. The van der Waals surface area contributed by atoms with Crippen LogP contribution in [0.15, 0.2) is 54.9 Å². The minimum atomic E-state index is -0.701. The number of aromatic nitrogens is 2. The number of aliphatic hydroxyl groups excluding tert-OH is 1. The van der Waals surface area contributed by atoms with Crippen molar-refractivity contribution in [2.45, 2.75) is 12.6 Å². The quantitative estimate of drug-likeness (QED) is 0.397. The number of halogens is 1. The predicted molar refractivity (Wildman–Crippen MR) is 125 cm³/mol. The Balaban J connectivity index is 1.75. The van der Waals surface area contributed by atoms with Crippen LogP contribution in [0.3, 0.4) is 0 Å². The summed E-state index contributed by atoms with van der Waals surface area (Å²) in [5, 5.41) is 13.9. The normalized spacial score (nSPS) is 15.3. The van der Waals surface area contributed by atoms with Gasteiger partial charge in [0, 0.05) is 52.9 Å². The molecule has 2 aromatic heterocycles. The van der Waals surface area contributed by atoms with Crippen LogP contribution >= 0.6 is 0 Å². The summed E-state index contributed by atoms with van der Waals surface area (Å²) in [6.07, 6.45) is 2.64. The number of imide groups is 1. The third-order valence-corrected chi connectivity index (χ3v) is 5.90. The first-order valence-electron chi connectivity index (χ1n) is 10.6. The number of aliphatic hydroxyl groups is 1. The molecule has 168 valence electrons. The topological polar surface area (TPSA) is 90.4 Å². The minimum absolute atomic E-state index is 0.126. The molecule has 5 rings (SSSR count). The van der Waals surface area contributed by atoms with Gasteiger partial charge in [-0.25, -0.2) is 4.39 Å². The standard InChI is InChI=1S/C25H23FN4O3/c1-29(2)11-14(31)12-30-13-17(21-18(26)7-5-9-20(21)30)23-22(24(32)28-25(23)33)16-10-27-19-8-4-3-6-15(16)19/h3-10,13-14,27,31H,11-12H2,1-2H3,(H,28,32,33). The largest absolute Gasteiger partial charge is 0.390 e. The van der Waals surface area contributed by atoms with E-state index in [1.54, 1.807) is 29.1 Å². The van der Waals surface area contributed by atoms with Gasteiger partial charge in [0.05, 0.1) is 22.8 Å². The molecule has 3 N–H and O–H groups in total. The molecule has 0 fully saturated rings. The highest BCUT2D eigenvalue weighted by Crippen LogP contribution is 2.39. The van der Waals surface area contributed by atoms with E-state index in [0.717, 1.165) is 10.9 Å². The van der Waals surface area contributed by atoms with Crippen LogP contribution < -0.4 is 5.32 Å². The summed E-state index contributed by atoms with van der Waals surface area (Å²) in [5.41, 5.74) is 2.60. The molecule has 0 saturated carbocycles. The molecule has 0 saturated heterocycles. The number of fused-ring (bicyclic) bond motifs is 2. The molecule has 1 unspecified atom stereocenters. The molecule has 0 aliphatic carbocycles. The number of carbonyl (C=O) groups is 2. The average molecular weight is 446 g/mol. The fourth-order valence-corrected chi connectivity index (χ4v) is 4.60. The van der Waals surface area contributed by atoms with Crippen molar-refractivity contribution >= 4 is 44.8 Å². The van der Waals surface area contributed by atoms with Gasteiger partial charge in [0.2, 0.25) is 0 Å². The lowest BCUT2D eigenvalue weighted by Crippen LogP contribution is -2.29.